The van der Waals surface area contributed by atoms with E-state index in [-0.39, 0.29) is 12.4 Å². The number of hydrogen-bond donors (Lipinski definition) is 3. The van der Waals surface area contributed by atoms with Gasteiger partial charge in [0.2, 0.25) is 0 Å². The standard InChI is InChI=1S/C11H16N5O5PS/c1-19-8-7(21-23(18)22)5(2-17)20-11(8)16-4-15-6-9(12)13-3-14-10(6)16/h3-5,7-8,11,17,22-23H,2H2,1H3,(H2,12,13,14). The van der Waals surface area contributed by atoms with Crippen LogP contribution in [0.1, 0.15) is 6.23 Å². The van der Waals surface area contributed by atoms with Gasteiger partial charge >= 0.3 is 0 Å². The van der Waals surface area contributed by atoms with Crippen LogP contribution in [-0.2, 0) is 23.9 Å². The Bertz CT molecular complexity index is 775. The number of aromatic nitrogens is 4. The quantitative estimate of drug-likeness (QED) is 0.460. The molecule has 126 valence electrons. The van der Waals surface area contributed by atoms with Crippen molar-refractivity contribution in [2.24, 2.45) is 0 Å². The van der Waals surface area contributed by atoms with Crippen molar-refractivity contribution >= 4 is 35.3 Å². The summed E-state index contributed by atoms with van der Waals surface area (Å²) in [5, 5.41) is 9.49. The van der Waals surface area contributed by atoms with E-state index < -0.39 is 34.8 Å². The SMILES string of the molecule is COC1C(O[SH](=O)=P)C(CO)OC1n1cnc2c(N)ncnc21. The number of rotatable bonds is 5. The summed E-state index contributed by atoms with van der Waals surface area (Å²) in [7, 11) is 2.30. The second kappa shape index (κ2) is 6.63. The summed E-state index contributed by atoms with van der Waals surface area (Å²) >= 11 is 0. The fourth-order valence-electron chi connectivity index (χ4n) is 2.62. The normalized spacial score (nSPS) is 29.1. The van der Waals surface area contributed by atoms with Gasteiger partial charge in [0.15, 0.2) is 17.7 Å². The van der Waals surface area contributed by atoms with Crippen LogP contribution in [0.15, 0.2) is 12.7 Å². The van der Waals surface area contributed by atoms with Gasteiger partial charge < -0.3 is 20.3 Å². The molecule has 0 aliphatic carbocycles. The van der Waals surface area contributed by atoms with Crippen molar-refractivity contribution in [3.05, 3.63) is 12.7 Å². The van der Waals surface area contributed by atoms with E-state index in [2.05, 4.69) is 23.0 Å². The highest BCUT2D eigenvalue weighted by Gasteiger charge is 2.47. The van der Waals surface area contributed by atoms with Crippen LogP contribution in [0, 0.1) is 0 Å². The van der Waals surface area contributed by atoms with Gasteiger partial charge in [-0.25, -0.2) is 19.2 Å². The molecule has 3 heterocycles. The molecule has 0 radical (unpaired) electrons. The van der Waals surface area contributed by atoms with Gasteiger partial charge in [0.05, 0.1) is 23.2 Å². The zero-order valence-corrected chi connectivity index (χ0v) is 14.0. The Morgan fingerprint density at radius 2 is 2.26 bits per heavy atom. The third-order valence-electron chi connectivity index (χ3n) is 3.62. The maximum Gasteiger partial charge on any atom is 0.167 e. The molecule has 0 saturated carbocycles. The van der Waals surface area contributed by atoms with Crippen LogP contribution in [0.25, 0.3) is 11.2 Å². The number of anilines is 1. The molecule has 0 aromatic carbocycles. The Morgan fingerprint density at radius 3 is 2.91 bits per heavy atom. The van der Waals surface area contributed by atoms with E-state index in [1.165, 1.54) is 19.8 Å². The molecule has 10 nitrogen and oxygen atoms in total. The topological polar surface area (TPSA) is 135 Å². The third-order valence-corrected chi connectivity index (χ3v) is 4.37. The lowest BCUT2D eigenvalue weighted by molar-refractivity contribution is -0.0583. The molecule has 23 heavy (non-hydrogen) atoms. The summed E-state index contributed by atoms with van der Waals surface area (Å²) in [5.41, 5.74) is 6.67. The monoisotopic (exact) mass is 361 g/mol. The molecule has 1 saturated heterocycles. The smallest absolute Gasteiger partial charge is 0.167 e. The number of hydrogen-bond acceptors (Lipinski definition) is 9. The van der Waals surface area contributed by atoms with Crippen molar-refractivity contribution < 1.29 is 23.0 Å². The molecule has 3 rings (SSSR count). The highest BCUT2D eigenvalue weighted by Crippen LogP contribution is 2.35. The predicted octanol–water partition coefficient (Wildman–Crippen LogP) is -0.848. The van der Waals surface area contributed by atoms with E-state index in [1.807, 2.05) is 0 Å². The van der Waals surface area contributed by atoms with Gasteiger partial charge in [-0.05, 0) is 8.02 Å². The molecular weight excluding hydrogens is 345 g/mol. The van der Waals surface area contributed by atoms with Crippen molar-refractivity contribution in [2.75, 3.05) is 19.5 Å². The van der Waals surface area contributed by atoms with E-state index in [4.69, 9.17) is 19.4 Å². The van der Waals surface area contributed by atoms with E-state index >= 15 is 0 Å². The summed E-state index contributed by atoms with van der Waals surface area (Å²) in [6.45, 7) is -0.319. The molecule has 1 aliphatic rings. The molecule has 1 fully saturated rings. The van der Waals surface area contributed by atoms with Crippen molar-refractivity contribution in [3.63, 3.8) is 0 Å². The van der Waals surface area contributed by atoms with Crippen molar-refractivity contribution in [3.8, 4) is 0 Å². The molecule has 3 N–H and O–H groups in total. The van der Waals surface area contributed by atoms with E-state index in [9.17, 15) is 9.32 Å². The molecule has 0 amide bonds. The largest absolute Gasteiger partial charge is 0.394 e. The fraction of sp³-hybridized carbons (Fsp3) is 0.545. The van der Waals surface area contributed by atoms with Gasteiger partial charge in [-0.1, -0.05) is 0 Å². The number of aliphatic hydroxyl groups excluding tert-OH is 1. The lowest BCUT2D eigenvalue weighted by Gasteiger charge is -2.21. The zero-order valence-electron chi connectivity index (χ0n) is 12.1. The second-order valence-electron chi connectivity index (χ2n) is 4.86. The summed E-state index contributed by atoms with van der Waals surface area (Å²) in [6.07, 6.45) is 0.0691. The number of nitrogen functional groups attached to an aromatic ring is 1. The van der Waals surface area contributed by atoms with Crippen LogP contribution in [0.5, 0.6) is 0 Å². The van der Waals surface area contributed by atoms with Gasteiger partial charge in [-0.2, -0.15) is 0 Å². The lowest BCUT2D eigenvalue weighted by Crippen LogP contribution is -2.36. The first-order chi connectivity index (χ1) is 11.1. The first kappa shape index (κ1) is 16.5. The van der Waals surface area contributed by atoms with Gasteiger partial charge in [0, 0.05) is 7.11 Å². The Hall–Kier alpha value is -1.36. The molecule has 0 spiro atoms. The number of ether oxygens (including phenoxy) is 2. The van der Waals surface area contributed by atoms with Gasteiger partial charge in [0.25, 0.3) is 0 Å². The lowest BCUT2D eigenvalue weighted by atomic mass is 10.1. The summed E-state index contributed by atoms with van der Waals surface area (Å²) in [4.78, 5) is 12.2. The predicted molar refractivity (Wildman–Crippen MR) is 84.3 cm³/mol. The number of imidazole rings is 1. The van der Waals surface area contributed by atoms with Gasteiger partial charge in [-0.3, -0.25) is 8.75 Å². The third kappa shape index (κ3) is 2.91. The van der Waals surface area contributed by atoms with Crippen LogP contribution >= 0.6 is 8.02 Å². The molecule has 1 aliphatic heterocycles. The summed E-state index contributed by atoms with van der Waals surface area (Å²) in [6, 6.07) is 0. The average Bonchev–Trinajstić information content (AvgIpc) is 3.08. The number of nitrogens with two attached hydrogens (primary N) is 1. The highest BCUT2D eigenvalue weighted by atomic mass is 32.5. The Morgan fingerprint density at radius 1 is 1.48 bits per heavy atom. The molecule has 5 unspecified atom stereocenters. The Balaban J connectivity index is 2.02. The minimum Gasteiger partial charge on any atom is -0.394 e. The molecule has 2 aromatic rings. The molecule has 12 heteroatoms. The van der Waals surface area contributed by atoms with Crippen LogP contribution in [0.2, 0.25) is 0 Å². The molecule has 5 atom stereocenters. The van der Waals surface area contributed by atoms with Crippen molar-refractivity contribution in [2.45, 2.75) is 24.5 Å². The number of thiol groups is 1. The van der Waals surface area contributed by atoms with Crippen molar-refractivity contribution in [1.29, 1.82) is 0 Å². The number of methoxy groups -OCH3 is 1. The highest BCUT2D eigenvalue weighted by molar-refractivity contribution is 8.03. The minimum absolute atomic E-state index is 0.246. The zero-order chi connectivity index (χ0) is 16.6. The number of nitrogens with zero attached hydrogens (tertiary/aromatic N) is 4. The van der Waals surface area contributed by atoms with Crippen LogP contribution in [0.3, 0.4) is 0 Å². The minimum atomic E-state index is -2.08. The van der Waals surface area contributed by atoms with Crippen LogP contribution in [-0.4, -0.2) is 60.9 Å². The number of aliphatic hydroxyl groups is 1. The Labute approximate surface area is 135 Å². The molecular formula is C11H16N5O5PS. The summed E-state index contributed by atoms with van der Waals surface area (Å²) < 4.78 is 29.5. The van der Waals surface area contributed by atoms with Crippen LogP contribution in [0.4, 0.5) is 5.82 Å². The van der Waals surface area contributed by atoms with Crippen LogP contribution < -0.4 is 5.73 Å². The summed E-state index contributed by atoms with van der Waals surface area (Å²) in [5.74, 6) is 0.246. The van der Waals surface area contributed by atoms with E-state index in [0.29, 0.717) is 11.2 Å². The maximum atomic E-state index is 11.4. The fourth-order valence-corrected chi connectivity index (χ4v) is 3.47. The Kier molecular flexibility index (Phi) is 4.76. The average molecular weight is 361 g/mol. The van der Waals surface area contributed by atoms with Gasteiger partial charge in [-0.15, -0.1) is 0 Å². The van der Waals surface area contributed by atoms with Crippen molar-refractivity contribution in [1.82, 2.24) is 19.5 Å². The van der Waals surface area contributed by atoms with E-state index in [1.54, 1.807) is 4.57 Å². The first-order valence-electron chi connectivity index (χ1n) is 6.64. The second-order valence-corrected chi connectivity index (χ2v) is 6.68. The molecule has 2 aromatic heterocycles. The maximum absolute atomic E-state index is 11.4. The molecule has 0 bridgehead atoms. The van der Waals surface area contributed by atoms with E-state index in [0.717, 1.165) is 0 Å². The number of fused-ring (bicyclic) bond motifs is 1. The first-order valence-corrected chi connectivity index (χ1v) is 9.16. The van der Waals surface area contributed by atoms with Gasteiger partial charge in [0.1, 0.15) is 30.2 Å².